The third-order valence-corrected chi connectivity index (χ3v) is 9.60. The molecule has 34 heavy (non-hydrogen) atoms. The van der Waals surface area contributed by atoms with Crippen LogP contribution in [-0.2, 0) is 17.1 Å². The molecule has 1 aliphatic heterocycles. The van der Waals surface area contributed by atoms with Crippen molar-refractivity contribution >= 4 is 38.2 Å². The second-order valence-electron chi connectivity index (χ2n) is 8.37. The fraction of sp³-hybridized carbons (Fsp3) is 0.292. The highest BCUT2D eigenvalue weighted by Crippen LogP contribution is 2.30. The van der Waals surface area contributed by atoms with Crippen molar-refractivity contribution < 1.29 is 13.2 Å². The Morgan fingerprint density at radius 2 is 1.76 bits per heavy atom. The maximum Gasteiger partial charge on any atom is 0.254 e. The zero-order chi connectivity index (χ0) is 24.0. The predicted octanol–water partition coefficient (Wildman–Crippen LogP) is 3.46. The molecule has 10 heteroatoms. The van der Waals surface area contributed by atoms with Crippen molar-refractivity contribution in [3.05, 3.63) is 64.8 Å². The number of hydrogen-bond donors (Lipinski definition) is 0. The summed E-state index contributed by atoms with van der Waals surface area (Å²) in [6.45, 7) is 5.13. The zero-order valence-corrected chi connectivity index (χ0v) is 20.9. The van der Waals surface area contributed by atoms with Crippen molar-refractivity contribution in [1.29, 1.82) is 0 Å². The van der Waals surface area contributed by atoms with E-state index in [1.807, 2.05) is 55.9 Å². The third kappa shape index (κ3) is 3.81. The Morgan fingerprint density at radius 3 is 2.41 bits per heavy atom. The van der Waals surface area contributed by atoms with Crippen LogP contribution in [0.5, 0.6) is 0 Å². The zero-order valence-electron chi connectivity index (χ0n) is 19.2. The maximum absolute atomic E-state index is 13.7. The molecule has 176 valence electrons. The van der Waals surface area contributed by atoms with Crippen molar-refractivity contribution in [2.24, 2.45) is 7.05 Å². The van der Waals surface area contributed by atoms with Crippen molar-refractivity contribution in [2.45, 2.75) is 18.1 Å². The fourth-order valence-corrected chi connectivity index (χ4v) is 7.03. The molecule has 0 aliphatic carbocycles. The minimum Gasteiger partial charge on any atom is -0.336 e. The number of piperazine rings is 1. The van der Waals surface area contributed by atoms with Crippen LogP contribution in [0.1, 0.15) is 21.7 Å². The van der Waals surface area contributed by atoms with E-state index in [9.17, 15) is 13.2 Å². The number of para-hydroxylation sites is 1. The van der Waals surface area contributed by atoms with E-state index in [4.69, 9.17) is 4.98 Å². The molecule has 1 amide bonds. The summed E-state index contributed by atoms with van der Waals surface area (Å²) in [6, 6.07) is 12.8. The Morgan fingerprint density at radius 1 is 1.03 bits per heavy atom. The molecule has 3 aromatic heterocycles. The number of aromatic nitrogens is 3. The molecular weight excluding hydrogens is 470 g/mol. The fourth-order valence-electron chi connectivity index (χ4n) is 4.46. The molecule has 1 saturated heterocycles. The number of pyridine rings is 1. The van der Waals surface area contributed by atoms with E-state index in [1.165, 1.54) is 15.6 Å². The normalized spacial score (nSPS) is 15.2. The quantitative estimate of drug-likeness (QED) is 0.433. The molecule has 1 fully saturated rings. The number of sulfonamides is 1. The maximum atomic E-state index is 13.7. The minimum atomic E-state index is -3.52. The smallest absolute Gasteiger partial charge is 0.254 e. The summed E-state index contributed by atoms with van der Waals surface area (Å²) < 4.78 is 29.3. The molecule has 4 aromatic rings. The van der Waals surface area contributed by atoms with E-state index in [0.717, 1.165) is 27.9 Å². The monoisotopic (exact) mass is 495 g/mol. The van der Waals surface area contributed by atoms with Crippen LogP contribution in [0, 0.1) is 13.8 Å². The topological polar surface area (TPSA) is 88.4 Å². The van der Waals surface area contributed by atoms with Crippen LogP contribution in [0.4, 0.5) is 0 Å². The molecule has 0 spiro atoms. The number of carbonyl (C=O) groups excluding carboxylic acids is 1. The van der Waals surface area contributed by atoms with E-state index >= 15 is 0 Å². The van der Waals surface area contributed by atoms with Crippen LogP contribution in [0.3, 0.4) is 0 Å². The molecule has 0 unspecified atom stereocenters. The minimum absolute atomic E-state index is 0.118. The molecule has 5 rings (SSSR count). The lowest BCUT2D eigenvalue weighted by atomic mass is 10.0. The van der Waals surface area contributed by atoms with Gasteiger partial charge in [-0.1, -0.05) is 24.3 Å². The van der Waals surface area contributed by atoms with E-state index in [2.05, 4.69) is 5.10 Å². The number of rotatable bonds is 4. The summed E-state index contributed by atoms with van der Waals surface area (Å²) in [6.07, 6.45) is 0. The van der Waals surface area contributed by atoms with E-state index in [0.29, 0.717) is 28.6 Å². The van der Waals surface area contributed by atoms with Crippen molar-refractivity contribution in [3.8, 4) is 11.3 Å². The molecule has 0 N–H and O–H groups in total. The number of carbonyl (C=O) groups is 1. The number of thiophene rings is 1. The number of aryl methyl sites for hydroxylation is 2. The van der Waals surface area contributed by atoms with Crippen LogP contribution in [0.15, 0.2) is 52.1 Å². The second-order valence-corrected chi connectivity index (χ2v) is 11.5. The molecule has 1 aromatic carbocycles. The van der Waals surface area contributed by atoms with Crippen LogP contribution in [0.25, 0.3) is 22.2 Å². The average Bonchev–Trinajstić information content (AvgIpc) is 3.47. The second kappa shape index (κ2) is 8.61. The first-order valence-corrected chi connectivity index (χ1v) is 13.3. The summed E-state index contributed by atoms with van der Waals surface area (Å²) in [5, 5.41) is 7.04. The van der Waals surface area contributed by atoms with Gasteiger partial charge >= 0.3 is 0 Å². The highest BCUT2D eigenvalue weighted by Gasteiger charge is 2.31. The summed E-state index contributed by atoms with van der Waals surface area (Å²) in [5.41, 5.74) is 4.78. The molecule has 0 saturated carbocycles. The lowest BCUT2D eigenvalue weighted by molar-refractivity contribution is 0.0700. The van der Waals surface area contributed by atoms with Gasteiger partial charge in [-0.2, -0.15) is 9.40 Å². The molecular formula is C24H25N5O3S2. The van der Waals surface area contributed by atoms with Gasteiger partial charge in [0.2, 0.25) is 0 Å². The highest BCUT2D eigenvalue weighted by atomic mass is 32.2. The summed E-state index contributed by atoms with van der Waals surface area (Å²) in [7, 11) is -1.63. The molecule has 4 heterocycles. The van der Waals surface area contributed by atoms with Crippen LogP contribution in [-0.4, -0.2) is 64.5 Å². The Bertz CT molecular complexity index is 1480. The van der Waals surface area contributed by atoms with Gasteiger partial charge in [-0.05, 0) is 37.4 Å². The first kappa shape index (κ1) is 22.7. The van der Waals surface area contributed by atoms with Crippen LogP contribution >= 0.6 is 11.3 Å². The Labute approximate surface area is 202 Å². The van der Waals surface area contributed by atoms with Gasteiger partial charge in [-0.15, -0.1) is 11.3 Å². The summed E-state index contributed by atoms with van der Waals surface area (Å²) >= 11 is 1.21. The lowest BCUT2D eigenvalue weighted by Crippen LogP contribution is -2.50. The van der Waals surface area contributed by atoms with Crippen LogP contribution < -0.4 is 0 Å². The van der Waals surface area contributed by atoms with Crippen molar-refractivity contribution in [1.82, 2.24) is 24.0 Å². The summed E-state index contributed by atoms with van der Waals surface area (Å²) in [4.78, 5) is 20.2. The van der Waals surface area contributed by atoms with E-state index in [1.54, 1.807) is 22.4 Å². The Balaban J connectivity index is 1.47. The third-order valence-electron chi connectivity index (χ3n) is 6.33. The molecule has 0 radical (unpaired) electrons. The Kier molecular flexibility index (Phi) is 5.75. The largest absolute Gasteiger partial charge is 0.336 e. The average molecular weight is 496 g/mol. The van der Waals surface area contributed by atoms with Crippen molar-refractivity contribution in [2.75, 3.05) is 26.2 Å². The van der Waals surface area contributed by atoms with E-state index < -0.39 is 10.0 Å². The van der Waals surface area contributed by atoms with Crippen LogP contribution in [0.2, 0.25) is 0 Å². The van der Waals surface area contributed by atoms with Gasteiger partial charge in [0.25, 0.3) is 15.9 Å². The van der Waals surface area contributed by atoms with Gasteiger partial charge in [-0.3, -0.25) is 9.48 Å². The Hall–Kier alpha value is -3.08. The van der Waals surface area contributed by atoms with Gasteiger partial charge in [0.05, 0.1) is 22.5 Å². The van der Waals surface area contributed by atoms with Gasteiger partial charge < -0.3 is 4.90 Å². The van der Waals surface area contributed by atoms with Gasteiger partial charge in [0.1, 0.15) is 4.21 Å². The molecule has 1 aliphatic rings. The number of amides is 1. The van der Waals surface area contributed by atoms with Gasteiger partial charge in [-0.25, -0.2) is 13.4 Å². The highest BCUT2D eigenvalue weighted by molar-refractivity contribution is 7.91. The molecule has 8 nitrogen and oxygen atoms in total. The number of fused-ring (bicyclic) bond motifs is 1. The van der Waals surface area contributed by atoms with Gasteiger partial charge in [0.15, 0.2) is 0 Å². The molecule has 0 bridgehead atoms. The first-order valence-electron chi connectivity index (χ1n) is 11.0. The SMILES string of the molecule is Cc1nn(C)c(C)c1-c1cc(C(=O)N2CCN(S(=O)(=O)c3cccs3)CC2)c2ccccc2n1. The van der Waals surface area contributed by atoms with Gasteiger partial charge in [0, 0.05) is 49.9 Å². The van der Waals surface area contributed by atoms with Crippen molar-refractivity contribution in [3.63, 3.8) is 0 Å². The first-order chi connectivity index (χ1) is 16.3. The predicted molar refractivity (Wildman–Crippen MR) is 132 cm³/mol. The number of nitrogens with zero attached hydrogens (tertiary/aromatic N) is 5. The summed E-state index contributed by atoms with van der Waals surface area (Å²) in [5.74, 6) is -0.118. The number of benzene rings is 1. The lowest BCUT2D eigenvalue weighted by Gasteiger charge is -2.34. The number of hydrogen-bond acceptors (Lipinski definition) is 6. The standard InChI is InChI=1S/C24H25N5O3S2/c1-16-23(17(2)27(3)26-16)21-15-19(18-7-4-5-8-20(18)25-21)24(30)28-10-12-29(13-11-28)34(31,32)22-9-6-14-33-22/h4-9,14-15H,10-13H2,1-3H3. The van der Waals surface area contributed by atoms with E-state index in [-0.39, 0.29) is 19.0 Å². The molecule has 0 atom stereocenters.